The lowest BCUT2D eigenvalue weighted by Gasteiger charge is -2.14. The highest BCUT2D eigenvalue weighted by atomic mass is 32.1. The summed E-state index contributed by atoms with van der Waals surface area (Å²) in [6.45, 7) is 7.88. The first kappa shape index (κ1) is 21.8. The molecule has 1 unspecified atom stereocenters. The van der Waals surface area contributed by atoms with Gasteiger partial charge in [0, 0.05) is 10.4 Å². The standard InChI is InChI=1S/C20H25N3O3S2/c1-5-11(3)26-14-9-7-8-13(10-14)18(25)22-20(27)23-19-16(17(21)24)15(6-2)12(4)28-19/h7-11H,5-6H2,1-4H3,(H2,21,24)(H2,22,23,25,27). The molecule has 28 heavy (non-hydrogen) atoms. The van der Waals surface area contributed by atoms with Gasteiger partial charge in [-0.3, -0.25) is 14.9 Å². The number of carbonyl (C=O) groups is 2. The maximum Gasteiger partial charge on any atom is 0.257 e. The fourth-order valence-electron chi connectivity index (χ4n) is 2.69. The summed E-state index contributed by atoms with van der Waals surface area (Å²) < 4.78 is 5.75. The highest BCUT2D eigenvalue weighted by molar-refractivity contribution is 7.80. The van der Waals surface area contributed by atoms with Gasteiger partial charge in [0.1, 0.15) is 10.8 Å². The predicted octanol–water partition coefficient (Wildman–Crippen LogP) is 4.02. The first-order chi connectivity index (χ1) is 13.3. The Bertz CT molecular complexity index is 893. The highest BCUT2D eigenvalue weighted by Crippen LogP contribution is 2.33. The second-order valence-corrected chi connectivity index (χ2v) is 7.96. The molecule has 4 N–H and O–H groups in total. The molecular formula is C20H25N3O3S2. The number of ether oxygens (including phenoxy) is 1. The Hall–Kier alpha value is -2.45. The summed E-state index contributed by atoms with van der Waals surface area (Å²) in [5.74, 6) is -0.261. The molecule has 0 saturated carbocycles. The molecule has 1 aromatic heterocycles. The Morgan fingerprint density at radius 1 is 1.32 bits per heavy atom. The van der Waals surface area contributed by atoms with Gasteiger partial charge in [0.2, 0.25) is 0 Å². The van der Waals surface area contributed by atoms with Crippen LogP contribution < -0.4 is 21.1 Å². The zero-order chi connectivity index (χ0) is 20.8. The van der Waals surface area contributed by atoms with Crippen LogP contribution in [0, 0.1) is 6.92 Å². The van der Waals surface area contributed by atoms with E-state index in [-0.39, 0.29) is 17.1 Å². The van der Waals surface area contributed by atoms with Crippen LogP contribution in [0.3, 0.4) is 0 Å². The third kappa shape index (κ3) is 5.30. The van der Waals surface area contributed by atoms with E-state index >= 15 is 0 Å². The maximum atomic E-state index is 12.5. The minimum absolute atomic E-state index is 0.0584. The Kier molecular flexibility index (Phi) is 7.53. The number of thiophene rings is 1. The van der Waals surface area contributed by atoms with Gasteiger partial charge in [-0.1, -0.05) is 19.9 Å². The molecule has 150 valence electrons. The molecule has 0 saturated heterocycles. The minimum atomic E-state index is -0.521. The van der Waals surface area contributed by atoms with Crippen molar-refractivity contribution in [3.05, 3.63) is 45.8 Å². The molecule has 0 spiro atoms. The number of amides is 2. The van der Waals surface area contributed by atoms with Gasteiger partial charge in [-0.25, -0.2) is 0 Å². The monoisotopic (exact) mass is 419 g/mol. The largest absolute Gasteiger partial charge is 0.491 e. The quantitative estimate of drug-likeness (QED) is 0.589. The fraction of sp³-hybridized carbons (Fsp3) is 0.350. The van der Waals surface area contributed by atoms with Crippen LogP contribution in [0.25, 0.3) is 0 Å². The molecule has 0 bridgehead atoms. The number of anilines is 1. The summed E-state index contributed by atoms with van der Waals surface area (Å²) in [5, 5.41) is 6.21. The number of benzene rings is 1. The van der Waals surface area contributed by atoms with Crippen LogP contribution in [0.5, 0.6) is 5.75 Å². The zero-order valence-corrected chi connectivity index (χ0v) is 18.1. The fourth-order valence-corrected chi connectivity index (χ4v) is 4.10. The summed E-state index contributed by atoms with van der Waals surface area (Å²) in [7, 11) is 0. The van der Waals surface area contributed by atoms with Gasteiger partial charge in [-0.05, 0) is 62.7 Å². The van der Waals surface area contributed by atoms with E-state index in [4.69, 9.17) is 22.7 Å². The summed E-state index contributed by atoms with van der Waals surface area (Å²) in [5.41, 5.74) is 7.27. The first-order valence-corrected chi connectivity index (χ1v) is 10.3. The molecule has 1 aromatic carbocycles. The molecular weight excluding hydrogens is 394 g/mol. The van der Waals surface area contributed by atoms with Gasteiger partial charge in [-0.15, -0.1) is 11.3 Å². The molecule has 6 nitrogen and oxygen atoms in total. The van der Waals surface area contributed by atoms with Gasteiger partial charge in [0.15, 0.2) is 5.11 Å². The van der Waals surface area contributed by atoms with E-state index < -0.39 is 5.91 Å². The lowest BCUT2D eigenvalue weighted by molar-refractivity contribution is 0.0974. The van der Waals surface area contributed by atoms with Crippen LogP contribution in [-0.2, 0) is 6.42 Å². The normalized spacial score (nSPS) is 11.6. The second-order valence-electron chi connectivity index (χ2n) is 6.33. The molecule has 2 aromatic rings. The van der Waals surface area contributed by atoms with Gasteiger partial charge in [0.05, 0.1) is 11.7 Å². The molecule has 8 heteroatoms. The van der Waals surface area contributed by atoms with Gasteiger partial charge >= 0.3 is 0 Å². The van der Waals surface area contributed by atoms with Crippen LogP contribution >= 0.6 is 23.6 Å². The van der Waals surface area contributed by atoms with Crippen molar-refractivity contribution in [2.45, 2.75) is 46.6 Å². The van der Waals surface area contributed by atoms with Crippen LogP contribution in [0.2, 0.25) is 0 Å². The summed E-state index contributed by atoms with van der Waals surface area (Å²) in [6.07, 6.45) is 1.61. The van der Waals surface area contributed by atoms with Gasteiger partial charge < -0.3 is 15.8 Å². The number of thiocarbonyl (C=S) groups is 1. The van der Waals surface area contributed by atoms with Crippen molar-refractivity contribution in [3.63, 3.8) is 0 Å². The number of hydrogen-bond donors (Lipinski definition) is 3. The van der Waals surface area contributed by atoms with Crippen molar-refractivity contribution in [2.75, 3.05) is 5.32 Å². The number of aryl methyl sites for hydroxylation is 1. The third-order valence-electron chi connectivity index (χ3n) is 4.27. The van der Waals surface area contributed by atoms with E-state index in [0.29, 0.717) is 28.3 Å². The second kappa shape index (κ2) is 9.66. The van der Waals surface area contributed by atoms with E-state index in [1.54, 1.807) is 24.3 Å². The van der Waals surface area contributed by atoms with Crippen LogP contribution in [0.1, 0.15) is 58.3 Å². The van der Waals surface area contributed by atoms with Crippen LogP contribution in [-0.4, -0.2) is 23.0 Å². The average molecular weight is 420 g/mol. The zero-order valence-electron chi connectivity index (χ0n) is 16.4. The Labute approximate surface area is 174 Å². The molecule has 2 amide bonds. The molecule has 1 atom stereocenters. The topological polar surface area (TPSA) is 93.4 Å². The Balaban J connectivity index is 2.11. The van der Waals surface area contributed by atoms with E-state index in [9.17, 15) is 9.59 Å². The predicted molar refractivity (Wildman–Crippen MR) is 117 cm³/mol. The number of carbonyl (C=O) groups excluding carboxylic acids is 2. The van der Waals surface area contributed by atoms with Crippen molar-refractivity contribution in [1.82, 2.24) is 5.32 Å². The number of nitrogens with one attached hydrogen (secondary N) is 2. The van der Waals surface area contributed by atoms with E-state index in [1.165, 1.54) is 11.3 Å². The highest BCUT2D eigenvalue weighted by Gasteiger charge is 2.20. The van der Waals surface area contributed by atoms with Gasteiger partial charge in [0.25, 0.3) is 11.8 Å². The van der Waals surface area contributed by atoms with Crippen molar-refractivity contribution in [3.8, 4) is 5.75 Å². The van der Waals surface area contributed by atoms with Crippen molar-refractivity contribution in [1.29, 1.82) is 0 Å². The van der Waals surface area contributed by atoms with Gasteiger partial charge in [-0.2, -0.15) is 0 Å². The number of rotatable bonds is 7. The molecule has 2 rings (SSSR count). The molecule has 0 aliphatic heterocycles. The van der Waals surface area contributed by atoms with E-state index in [2.05, 4.69) is 10.6 Å². The number of primary amides is 1. The summed E-state index contributed by atoms with van der Waals surface area (Å²) in [6, 6.07) is 6.91. The van der Waals surface area contributed by atoms with Crippen molar-refractivity contribution < 1.29 is 14.3 Å². The Morgan fingerprint density at radius 2 is 2.04 bits per heavy atom. The molecule has 0 radical (unpaired) electrons. The maximum absolute atomic E-state index is 12.5. The third-order valence-corrected chi connectivity index (χ3v) is 5.54. The summed E-state index contributed by atoms with van der Waals surface area (Å²) in [4.78, 5) is 25.3. The number of nitrogens with two attached hydrogens (primary N) is 1. The smallest absolute Gasteiger partial charge is 0.257 e. The molecule has 0 fully saturated rings. The minimum Gasteiger partial charge on any atom is -0.491 e. The van der Waals surface area contributed by atoms with Crippen molar-refractivity contribution >= 4 is 45.5 Å². The molecule has 0 aliphatic rings. The first-order valence-electron chi connectivity index (χ1n) is 9.07. The van der Waals surface area contributed by atoms with Crippen molar-refractivity contribution in [2.24, 2.45) is 5.73 Å². The van der Waals surface area contributed by atoms with E-state index in [0.717, 1.165) is 16.9 Å². The Morgan fingerprint density at radius 3 is 2.64 bits per heavy atom. The van der Waals surface area contributed by atoms with E-state index in [1.807, 2.05) is 27.7 Å². The average Bonchev–Trinajstić information content (AvgIpc) is 2.96. The number of hydrogen-bond acceptors (Lipinski definition) is 5. The SMILES string of the molecule is CCc1c(C)sc(NC(=S)NC(=O)c2cccc(OC(C)CC)c2)c1C(N)=O. The molecule has 0 aliphatic carbocycles. The van der Waals surface area contributed by atoms with Crippen LogP contribution in [0.15, 0.2) is 24.3 Å². The molecule has 1 heterocycles. The summed E-state index contributed by atoms with van der Waals surface area (Å²) >= 11 is 6.64. The van der Waals surface area contributed by atoms with Crippen LogP contribution in [0.4, 0.5) is 5.00 Å². The lowest BCUT2D eigenvalue weighted by Crippen LogP contribution is -2.34. The lowest BCUT2D eigenvalue weighted by atomic mass is 10.1.